The summed E-state index contributed by atoms with van der Waals surface area (Å²) in [5.41, 5.74) is 0.250. The van der Waals surface area contributed by atoms with Crippen LogP contribution in [0.3, 0.4) is 0 Å². The van der Waals surface area contributed by atoms with Crippen molar-refractivity contribution in [3.63, 3.8) is 0 Å². The molecule has 0 unspecified atom stereocenters. The Bertz CT molecular complexity index is 374. The number of Topliss-reactive ketones (excluding diaryl/α,β-unsaturated/α-hetero) is 1. The molecule has 1 saturated heterocycles. The normalized spacial score (nSPS) is 16.4. The summed E-state index contributed by atoms with van der Waals surface area (Å²) in [6.45, 7) is 0.817. The Morgan fingerprint density at radius 2 is 2.21 bits per heavy atom. The Balaban J connectivity index is 2.31. The van der Waals surface area contributed by atoms with Crippen molar-refractivity contribution < 1.29 is 13.9 Å². The fourth-order valence-electron chi connectivity index (χ4n) is 1.30. The van der Waals surface area contributed by atoms with Crippen LogP contribution in [0.25, 0.3) is 0 Å². The van der Waals surface area contributed by atoms with Crippen molar-refractivity contribution in [3.05, 3.63) is 34.6 Å². The van der Waals surface area contributed by atoms with Gasteiger partial charge in [0.05, 0.1) is 24.2 Å². The Morgan fingerprint density at radius 1 is 1.50 bits per heavy atom. The monoisotopic (exact) mass is 214 g/mol. The molecule has 0 aliphatic carbocycles. The molecule has 14 heavy (non-hydrogen) atoms. The molecule has 0 N–H and O–H groups in total. The standard InChI is InChI=1S/C10H8ClFO2/c11-9-7(2-1-3-8(9)12)10(13)6-4-14-5-6/h1-3,6H,4-5H2. The summed E-state index contributed by atoms with van der Waals surface area (Å²) in [4.78, 5) is 11.7. The number of halogens is 2. The van der Waals surface area contributed by atoms with Crippen LogP contribution in [0.1, 0.15) is 10.4 Å². The molecule has 0 atom stereocenters. The molecule has 0 aromatic heterocycles. The topological polar surface area (TPSA) is 26.3 Å². The van der Waals surface area contributed by atoms with Gasteiger partial charge in [-0.3, -0.25) is 4.79 Å². The molecule has 1 aromatic carbocycles. The van der Waals surface area contributed by atoms with E-state index in [2.05, 4.69) is 0 Å². The van der Waals surface area contributed by atoms with Crippen LogP contribution in [0.4, 0.5) is 4.39 Å². The largest absolute Gasteiger partial charge is 0.380 e. The van der Waals surface area contributed by atoms with Crippen LogP contribution in [-0.2, 0) is 4.74 Å². The third-order valence-corrected chi connectivity index (χ3v) is 2.61. The molecule has 4 heteroatoms. The Kier molecular flexibility index (Phi) is 2.52. The number of carbonyl (C=O) groups is 1. The number of ether oxygens (including phenoxy) is 1. The van der Waals surface area contributed by atoms with E-state index in [9.17, 15) is 9.18 Å². The van der Waals surface area contributed by atoms with E-state index >= 15 is 0 Å². The number of rotatable bonds is 2. The highest BCUT2D eigenvalue weighted by Crippen LogP contribution is 2.24. The first-order valence-electron chi connectivity index (χ1n) is 4.26. The smallest absolute Gasteiger partial charge is 0.172 e. The third kappa shape index (κ3) is 1.53. The van der Waals surface area contributed by atoms with Crippen molar-refractivity contribution in [2.75, 3.05) is 13.2 Å². The molecule has 2 rings (SSSR count). The van der Waals surface area contributed by atoms with Gasteiger partial charge in [-0.15, -0.1) is 0 Å². The van der Waals surface area contributed by atoms with E-state index < -0.39 is 5.82 Å². The maximum absolute atomic E-state index is 13.0. The van der Waals surface area contributed by atoms with E-state index in [1.54, 1.807) is 0 Å². The molecule has 1 aliphatic heterocycles. The predicted molar refractivity (Wildman–Crippen MR) is 50.0 cm³/mol. The van der Waals surface area contributed by atoms with E-state index in [4.69, 9.17) is 16.3 Å². The lowest BCUT2D eigenvalue weighted by atomic mass is 9.96. The van der Waals surface area contributed by atoms with E-state index in [1.807, 2.05) is 0 Å². The lowest BCUT2D eigenvalue weighted by Gasteiger charge is -2.24. The van der Waals surface area contributed by atoms with Crippen molar-refractivity contribution >= 4 is 17.4 Å². The lowest BCUT2D eigenvalue weighted by Crippen LogP contribution is -2.34. The molecule has 1 aliphatic rings. The summed E-state index contributed by atoms with van der Waals surface area (Å²) in [6.07, 6.45) is 0. The van der Waals surface area contributed by atoms with Gasteiger partial charge in [0.15, 0.2) is 5.78 Å². The summed E-state index contributed by atoms with van der Waals surface area (Å²) < 4.78 is 17.9. The van der Waals surface area contributed by atoms with Gasteiger partial charge in [-0.2, -0.15) is 0 Å². The van der Waals surface area contributed by atoms with Gasteiger partial charge < -0.3 is 4.74 Å². The summed E-state index contributed by atoms with van der Waals surface area (Å²) in [6, 6.07) is 4.25. The molecular weight excluding hydrogens is 207 g/mol. The van der Waals surface area contributed by atoms with Gasteiger partial charge in [-0.25, -0.2) is 4.39 Å². The van der Waals surface area contributed by atoms with Crippen molar-refractivity contribution in [3.8, 4) is 0 Å². The molecule has 1 heterocycles. The highest BCUT2D eigenvalue weighted by atomic mass is 35.5. The average molecular weight is 215 g/mol. The van der Waals surface area contributed by atoms with Gasteiger partial charge in [0, 0.05) is 5.56 Å². The van der Waals surface area contributed by atoms with E-state index in [0.29, 0.717) is 13.2 Å². The van der Waals surface area contributed by atoms with Crippen molar-refractivity contribution in [2.45, 2.75) is 0 Å². The van der Waals surface area contributed by atoms with Crippen LogP contribution >= 0.6 is 11.6 Å². The molecular formula is C10H8ClFO2. The van der Waals surface area contributed by atoms with Crippen molar-refractivity contribution in [1.82, 2.24) is 0 Å². The predicted octanol–water partition coefficient (Wildman–Crippen LogP) is 2.31. The summed E-state index contributed by atoms with van der Waals surface area (Å²) in [5, 5.41) is -0.0931. The molecule has 1 aromatic rings. The van der Waals surface area contributed by atoms with Crippen LogP contribution in [0.15, 0.2) is 18.2 Å². The molecule has 0 amide bonds. The fraction of sp³-hybridized carbons (Fsp3) is 0.300. The van der Waals surface area contributed by atoms with Gasteiger partial charge in [-0.1, -0.05) is 17.7 Å². The molecule has 0 saturated carbocycles. The SMILES string of the molecule is O=C(c1cccc(F)c1Cl)C1COC1. The van der Waals surface area contributed by atoms with Crippen LogP contribution in [0.2, 0.25) is 5.02 Å². The number of hydrogen-bond donors (Lipinski definition) is 0. The van der Waals surface area contributed by atoms with E-state index in [-0.39, 0.29) is 22.3 Å². The number of carbonyl (C=O) groups excluding carboxylic acids is 1. The molecule has 0 spiro atoms. The Labute approximate surface area is 85.6 Å². The minimum atomic E-state index is -0.558. The highest BCUT2D eigenvalue weighted by molar-refractivity contribution is 6.34. The van der Waals surface area contributed by atoms with Gasteiger partial charge >= 0.3 is 0 Å². The van der Waals surface area contributed by atoms with Gasteiger partial charge in [0.25, 0.3) is 0 Å². The Hall–Kier alpha value is -0.930. The first-order chi connectivity index (χ1) is 6.70. The van der Waals surface area contributed by atoms with Crippen LogP contribution in [-0.4, -0.2) is 19.0 Å². The minimum absolute atomic E-state index is 0.0931. The minimum Gasteiger partial charge on any atom is -0.380 e. The highest BCUT2D eigenvalue weighted by Gasteiger charge is 2.29. The molecule has 74 valence electrons. The fourth-order valence-corrected chi connectivity index (χ4v) is 1.52. The second-order valence-corrected chi connectivity index (χ2v) is 3.58. The van der Waals surface area contributed by atoms with Crippen LogP contribution in [0, 0.1) is 11.7 Å². The van der Waals surface area contributed by atoms with Gasteiger partial charge in [0.2, 0.25) is 0 Å². The number of hydrogen-bond acceptors (Lipinski definition) is 2. The van der Waals surface area contributed by atoms with Crippen LogP contribution in [0.5, 0.6) is 0 Å². The summed E-state index contributed by atoms with van der Waals surface area (Å²) >= 11 is 5.68. The maximum Gasteiger partial charge on any atom is 0.172 e. The molecule has 0 bridgehead atoms. The van der Waals surface area contributed by atoms with Crippen molar-refractivity contribution in [1.29, 1.82) is 0 Å². The Morgan fingerprint density at radius 3 is 2.79 bits per heavy atom. The average Bonchev–Trinajstić information content (AvgIpc) is 2.06. The quantitative estimate of drug-likeness (QED) is 0.707. The lowest BCUT2D eigenvalue weighted by molar-refractivity contribution is -0.0194. The summed E-state index contributed by atoms with van der Waals surface area (Å²) in [7, 11) is 0. The van der Waals surface area contributed by atoms with Gasteiger partial charge in [0.1, 0.15) is 5.82 Å². The second kappa shape index (κ2) is 3.67. The van der Waals surface area contributed by atoms with E-state index in [0.717, 1.165) is 0 Å². The third-order valence-electron chi connectivity index (χ3n) is 2.23. The van der Waals surface area contributed by atoms with Gasteiger partial charge in [-0.05, 0) is 12.1 Å². The summed E-state index contributed by atoms with van der Waals surface area (Å²) in [5.74, 6) is -0.854. The van der Waals surface area contributed by atoms with Crippen LogP contribution < -0.4 is 0 Å². The molecule has 1 fully saturated rings. The number of benzene rings is 1. The van der Waals surface area contributed by atoms with Crippen molar-refractivity contribution in [2.24, 2.45) is 5.92 Å². The van der Waals surface area contributed by atoms with E-state index in [1.165, 1.54) is 18.2 Å². The molecule has 0 radical (unpaired) electrons. The molecule has 2 nitrogen and oxygen atoms in total. The maximum atomic E-state index is 13.0. The zero-order valence-electron chi connectivity index (χ0n) is 7.30. The first-order valence-corrected chi connectivity index (χ1v) is 4.64. The number of ketones is 1. The zero-order chi connectivity index (χ0) is 10.1. The first kappa shape index (κ1) is 9.62. The second-order valence-electron chi connectivity index (χ2n) is 3.20. The zero-order valence-corrected chi connectivity index (χ0v) is 8.05.